The first-order valence-electron chi connectivity index (χ1n) is 8.92. The smallest absolute Gasteiger partial charge is 0.307 e. The monoisotopic (exact) mass is 393 g/mol. The van der Waals surface area contributed by atoms with Crippen LogP contribution < -0.4 is 4.87 Å². The molecule has 1 aliphatic heterocycles. The average Bonchev–Trinajstić information content (AvgIpc) is 2.82. The number of carbonyl (C=O) groups excluding carboxylic acids is 1. The van der Waals surface area contributed by atoms with E-state index >= 15 is 0 Å². The highest BCUT2D eigenvalue weighted by Gasteiger charge is 2.19. The highest BCUT2D eigenvalue weighted by atomic mass is 35.5. The normalized spacial score (nSPS) is 15.8. The standard InChI is InChI=1S/C19H24ClN3O2S/c1-15-14-26-19(25)23(15)10-7-18(24)22-9-2-8-21(11-12-22)13-16-3-5-17(20)6-4-16/h3-6,14H,2,7-13H2,1H3. The van der Waals surface area contributed by atoms with E-state index in [0.717, 1.165) is 49.9 Å². The van der Waals surface area contributed by atoms with Gasteiger partial charge in [0, 0.05) is 61.8 Å². The average molecular weight is 394 g/mol. The molecular formula is C19H24ClN3O2S. The van der Waals surface area contributed by atoms with Crippen molar-refractivity contribution in [3.05, 3.63) is 55.6 Å². The van der Waals surface area contributed by atoms with E-state index in [2.05, 4.69) is 17.0 Å². The molecule has 140 valence electrons. The van der Waals surface area contributed by atoms with Crippen LogP contribution in [0, 0.1) is 6.92 Å². The Labute approximate surface area is 162 Å². The van der Waals surface area contributed by atoms with E-state index in [1.807, 2.05) is 29.3 Å². The number of benzene rings is 1. The molecule has 1 aromatic carbocycles. The second kappa shape index (κ2) is 8.84. The number of hydrogen-bond acceptors (Lipinski definition) is 4. The summed E-state index contributed by atoms with van der Waals surface area (Å²) in [5.74, 6) is 0.135. The van der Waals surface area contributed by atoms with E-state index < -0.39 is 0 Å². The molecular weight excluding hydrogens is 370 g/mol. The third-order valence-electron chi connectivity index (χ3n) is 4.79. The van der Waals surface area contributed by atoms with Gasteiger partial charge in [0.25, 0.3) is 0 Å². The third-order valence-corrected chi connectivity index (χ3v) is 5.92. The molecule has 2 heterocycles. The number of nitrogens with zero attached hydrogens (tertiary/aromatic N) is 3. The lowest BCUT2D eigenvalue weighted by atomic mass is 10.2. The van der Waals surface area contributed by atoms with E-state index in [9.17, 15) is 9.59 Å². The highest BCUT2D eigenvalue weighted by Crippen LogP contribution is 2.13. The molecule has 3 rings (SSSR count). The van der Waals surface area contributed by atoms with Gasteiger partial charge in [-0.15, -0.1) is 0 Å². The zero-order valence-electron chi connectivity index (χ0n) is 15.0. The van der Waals surface area contributed by atoms with E-state index in [4.69, 9.17) is 11.6 Å². The summed E-state index contributed by atoms with van der Waals surface area (Å²) in [6.07, 6.45) is 1.35. The lowest BCUT2D eigenvalue weighted by Gasteiger charge is -2.22. The van der Waals surface area contributed by atoms with Crippen LogP contribution in [0.25, 0.3) is 0 Å². The van der Waals surface area contributed by atoms with Crippen molar-refractivity contribution in [3.8, 4) is 0 Å². The molecule has 1 aliphatic rings. The van der Waals surface area contributed by atoms with Crippen molar-refractivity contribution in [2.24, 2.45) is 0 Å². The third kappa shape index (κ3) is 4.96. The van der Waals surface area contributed by atoms with Gasteiger partial charge in [0.1, 0.15) is 0 Å². The number of aromatic nitrogens is 1. The van der Waals surface area contributed by atoms with Crippen LogP contribution >= 0.6 is 22.9 Å². The summed E-state index contributed by atoms with van der Waals surface area (Å²) < 4.78 is 1.69. The van der Waals surface area contributed by atoms with Gasteiger partial charge in [-0.25, -0.2) is 0 Å². The van der Waals surface area contributed by atoms with Crippen LogP contribution in [0.1, 0.15) is 24.1 Å². The number of amides is 1. The van der Waals surface area contributed by atoms with Crippen LogP contribution in [0.15, 0.2) is 34.4 Å². The summed E-state index contributed by atoms with van der Waals surface area (Å²) in [6, 6.07) is 7.94. The van der Waals surface area contributed by atoms with E-state index in [1.54, 1.807) is 4.57 Å². The fraction of sp³-hybridized carbons (Fsp3) is 0.474. The van der Waals surface area contributed by atoms with Crippen LogP contribution in [-0.4, -0.2) is 46.5 Å². The Morgan fingerprint density at radius 3 is 2.62 bits per heavy atom. The molecule has 1 amide bonds. The van der Waals surface area contributed by atoms with E-state index in [0.29, 0.717) is 13.0 Å². The Kier molecular flexibility index (Phi) is 6.51. The first-order chi connectivity index (χ1) is 12.5. The number of halogens is 1. The molecule has 7 heteroatoms. The molecule has 0 atom stereocenters. The SMILES string of the molecule is Cc1csc(=O)n1CCC(=O)N1CCCN(Cc2ccc(Cl)cc2)CC1. The molecule has 1 saturated heterocycles. The van der Waals surface area contributed by atoms with Gasteiger partial charge in [-0.05, 0) is 31.0 Å². The molecule has 0 bridgehead atoms. The molecule has 0 aliphatic carbocycles. The van der Waals surface area contributed by atoms with E-state index in [1.165, 1.54) is 16.9 Å². The number of rotatable bonds is 5. The second-order valence-electron chi connectivity index (χ2n) is 6.68. The lowest BCUT2D eigenvalue weighted by Crippen LogP contribution is -2.35. The van der Waals surface area contributed by atoms with Crippen molar-refractivity contribution >= 4 is 28.8 Å². The predicted octanol–water partition coefficient (Wildman–Crippen LogP) is 3.00. The fourth-order valence-corrected chi connectivity index (χ4v) is 4.15. The number of carbonyl (C=O) groups is 1. The molecule has 1 fully saturated rings. The molecule has 2 aromatic rings. The van der Waals surface area contributed by atoms with Crippen molar-refractivity contribution in [1.29, 1.82) is 0 Å². The summed E-state index contributed by atoms with van der Waals surface area (Å²) in [5, 5.41) is 2.59. The molecule has 1 aromatic heterocycles. The minimum atomic E-state index is 0.0142. The number of thiazole rings is 1. The maximum Gasteiger partial charge on any atom is 0.307 e. The maximum absolute atomic E-state index is 12.6. The van der Waals surface area contributed by atoms with Crippen LogP contribution in [0.4, 0.5) is 0 Å². The fourth-order valence-electron chi connectivity index (χ4n) is 3.27. The summed E-state index contributed by atoms with van der Waals surface area (Å²) in [7, 11) is 0. The van der Waals surface area contributed by atoms with Gasteiger partial charge < -0.3 is 9.47 Å². The maximum atomic E-state index is 12.6. The quantitative estimate of drug-likeness (QED) is 0.784. The van der Waals surface area contributed by atoms with Crippen LogP contribution in [0.2, 0.25) is 5.02 Å². The van der Waals surface area contributed by atoms with Gasteiger partial charge in [-0.3, -0.25) is 14.5 Å². The summed E-state index contributed by atoms with van der Waals surface area (Å²) in [4.78, 5) is 28.6. The van der Waals surface area contributed by atoms with Crippen molar-refractivity contribution in [2.45, 2.75) is 32.9 Å². The summed E-state index contributed by atoms with van der Waals surface area (Å²) in [5.41, 5.74) is 2.17. The topological polar surface area (TPSA) is 45.6 Å². The van der Waals surface area contributed by atoms with Gasteiger partial charge >= 0.3 is 4.87 Å². The number of aryl methyl sites for hydroxylation is 1. The first kappa shape index (κ1) is 19.1. The van der Waals surface area contributed by atoms with E-state index in [-0.39, 0.29) is 10.8 Å². The van der Waals surface area contributed by atoms with Gasteiger partial charge in [0.15, 0.2) is 0 Å². The lowest BCUT2D eigenvalue weighted by molar-refractivity contribution is -0.131. The van der Waals surface area contributed by atoms with Crippen molar-refractivity contribution in [1.82, 2.24) is 14.4 Å². The highest BCUT2D eigenvalue weighted by molar-refractivity contribution is 7.07. The summed E-state index contributed by atoms with van der Waals surface area (Å²) in [6.45, 7) is 6.63. The molecule has 0 saturated carbocycles. The Morgan fingerprint density at radius 2 is 1.92 bits per heavy atom. The molecule has 5 nitrogen and oxygen atoms in total. The Balaban J connectivity index is 1.50. The van der Waals surface area contributed by atoms with Crippen LogP contribution in [0.5, 0.6) is 0 Å². The first-order valence-corrected chi connectivity index (χ1v) is 10.2. The molecule has 26 heavy (non-hydrogen) atoms. The zero-order chi connectivity index (χ0) is 18.5. The minimum Gasteiger partial charge on any atom is -0.341 e. The van der Waals surface area contributed by atoms with Crippen LogP contribution in [-0.2, 0) is 17.9 Å². The largest absolute Gasteiger partial charge is 0.341 e. The Morgan fingerprint density at radius 1 is 1.15 bits per heavy atom. The molecule has 0 radical (unpaired) electrons. The zero-order valence-corrected chi connectivity index (χ0v) is 16.6. The van der Waals surface area contributed by atoms with Gasteiger partial charge in [-0.1, -0.05) is 35.1 Å². The second-order valence-corrected chi connectivity index (χ2v) is 7.94. The van der Waals surface area contributed by atoms with Gasteiger partial charge in [-0.2, -0.15) is 0 Å². The van der Waals surface area contributed by atoms with Crippen molar-refractivity contribution < 1.29 is 4.79 Å². The number of hydrogen-bond donors (Lipinski definition) is 0. The molecule has 0 unspecified atom stereocenters. The van der Waals surface area contributed by atoms with Crippen molar-refractivity contribution in [2.75, 3.05) is 26.2 Å². The van der Waals surface area contributed by atoms with Gasteiger partial charge in [0.05, 0.1) is 0 Å². The molecule has 0 N–H and O–H groups in total. The van der Waals surface area contributed by atoms with Crippen LogP contribution in [0.3, 0.4) is 0 Å². The Hall–Kier alpha value is -1.63. The van der Waals surface area contributed by atoms with Gasteiger partial charge in [0.2, 0.25) is 5.91 Å². The Bertz CT molecular complexity index is 800. The predicted molar refractivity (Wildman–Crippen MR) is 106 cm³/mol. The summed E-state index contributed by atoms with van der Waals surface area (Å²) >= 11 is 7.13. The minimum absolute atomic E-state index is 0.0142. The van der Waals surface area contributed by atoms with Crippen molar-refractivity contribution in [3.63, 3.8) is 0 Å². The molecule has 0 spiro atoms.